The molecule has 1 rings (SSSR count). The predicted molar refractivity (Wildman–Crippen MR) is 49.4 cm³/mol. The average Bonchev–Trinajstić information content (AvgIpc) is 2.09. The van der Waals surface area contributed by atoms with Gasteiger partial charge in [0.1, 0.15) is 5.75 Å². The van der Waals surface area contributed by atoms with E-state index in [1.807, 2.05) is 0 Å². The second-order valence-corrected chi connectivity index (χ2v) is 2.78. The highest BCUT2D eigenvalue weighted by Crippen LogP contribution is 2.28. The van der Waals surface area contributed by atoms with Gasteiger partial charge in [0, 0.05) is 6.07 Å². The van der Waals surface area contributed by atoms with Crippen LogP contribution in [0.15, 0.2) is 12.1 Å². The molecule has 13 heavy (non-hydrogen) atoms. The summed E-state index contributed by atoms with van der Waals surface area (Å²) in [5.41, 5.74) is 5.44. The van der Waals surface area contributed by atoms with E-state index in [2.05, 4.69) is 0 Å². The molecule has 0 fully saturated rings. The first kappa shape index (κ1) is 9.67. The molecule has 0 unspecified atom stereocenters. The Hall–Kier alpha value is -1.42. The molecule has 0 atom stereocenters. The van der Waals surface area contributed by atoms with Gasteiger partial charge in [-0.05, 0) is 6.07 Å². The smallest absolute Gasteiger partial charge is 0.337 e. The summed E-state index contributed by atoms with van der Waals surface area (Å²) in [5.74, 6) is -0.755. The van der Waals surface area contributed by atoms with E-state index in [9.17, 15) is 4.79 Å². The van der Waals surface area contributed by atoms with Gasteiger partial charge in [0.15, 0.2) is 0 Å². The third kappa shape index (κ3) is 1.84. The summed E-state index contributed by atoms with van der Waals surface area (Å²) < 4.78 is 4.84. The fourth-order valence-electron chi connectivity index (χ4n) is 0.888. The molecule has 0 amide bonds. The molecule has 0 radical (unpaired) electrons. The molecule has 0 saturated heterocycles. The molecule has 0 aliphatic heterocycles. The van der Waals surface area contributed by atoms with E-state index in [1.165, 1.54) is 19.2 Å². The van der Waals surface area contributed by atoms with E-state index >= 15 is 0 Å². The van der Waals surface area contributed by atoms with Gasteiger partial charge in [-0.2, -0.15) is 0 Å². The van der Waals surface area contributed by atoms with Gasteiger partial charge < -0.3 is 15.6 Å². The monoisotopic (exact) mass is 201 g/mol. The molecule has 5 heteroatoms. The van der Waals surface area contributed by atoms with Crippen molar-refractivity contribution in [2.75, 3.05) is 12.8 Å². The van der Waals surface area contributed by atoms with Crippen molar-refractivity contribution in [1.29, 1.82) is 0 Å². The van der Waals surface area contributed by atoms with Gasteiger partial charge in [0.05, 0.1) is 23.4 Å². The third-order valence-electron chi connectivity index (χ3n) is 1.57. The van der Waals surface area contributed by atoms with Crippen molar-refractivity contribution in [3.63, 3.8) is 0 Å². The topological polar surface area (TPSA) is 72.5 Å². The Bertz CT molecular complexity index is 351. The zero-order valence-electron chi connectivity index (χ0n) is 6.87. The van der Waals surface area contributed by atoms with E-state index in [0.717, 1.165) is 0 Å². The minimum atomic E-state index is -1.13. The number of carbonyl (C=O) groups is 1. The molecular formula is C8H8ClNO3. The molecule has 0 aliphatic carbocycles. The lowest BCUT2D eigenvalue weighted by Gasteiger charge is -2.06. The van der Waals surface area contributed by atoms with Gasteiger partial charge in [-0.15, -0.1) is 0 Å². The quantitative estimate of drug-likeness (QED) is 0.714. The number of nitrogen functional groups attached to an aromatic ring is 1. The lowest BCUT2D eigenvalue weighted by Crippen LogP contribution is -2.03. The van der Waals surface area contributed by atoms with Crippen LogP contribution >= 0.6 is 11.6 Å². The minimum absolute atomic E-state index is 0.0509. The van der Waals surface area contributed by atoms with Crippen LogP contribution in [0.2, 0.25) is 5.02 Å². The van der Waals surface area contributed by atoms with Crippen LogP contribution in [0.5, 0.6) is 5.75 Å². The zero-order chi connectivity index (χ0) is 10.0. The summed E-state index contributed by atoms with van der Waals surface area (Å²) in [6, 6.07) is 2.78. The maximum Gasteiger partial charge on any atom is 0.337 e. The number of hydrogen-bond acceptors (Lipinski definition) is 3. The zero-order valence-corrected chi connectivity index (χ0v) is 7.63. The van der Waals surface area contributed by atoms with Crippen LogP contribution in [0.4, 0.5) is 5.69 Å². The molecule has 1 aromatic rings. The Morgan fingerprint density at radius 2 is 2.23 bits per heavy atom. The number of benzene rings is 1. The fraction of sp³-hybridized carbons (Fsp3) is 0.125. The maximum atomic E-state index is 10.6. The van der Waals surface area contributed by atoms with Gasteiger partial charge in [-0.25, -0.2) is 4.79 Å². The van der Waals surface area contributed by atoms with Gasteiger partial charge in [-0.3, -0.25) is 0 Å². The first-order valence-corrected chi connectivity index (χ1v) is 3.80. The average molecular weight is 202 g/mol. The van der Waals surface area contributed by atoms with Gasteiger partial charge in [-0.1, -0.05) is 11.6 Å². The van der Waals surface area contributed by atoms with E-state index < -0.39 is 5.97 Å². The molecular weight excluding hydrogens is 194 g/mol. The standard InChI is InChI=1S/C8H8ClNO3/c1-13-4-2-5(8(11)12)7(10)6(9)3-4/h2-3H,10H2,1H3,(H,11,12). The van der Waals surface area contributed by atoms with Crippen LogP contribution in [0.25, 0.3) is 0 Å². The first-order chi connectivity index (χ1) is 6.06. The summed E-state index contributed by atoms with van der Waals surface area (Å²) in [4.78, 5) is 10.6. The number of hydrogen-bond donors (Lipinski definition) is 2. The molecule has 1 aromatic carbocycles. The van der Waals surface area contributed by atoms with Crippen molar-refractivity contribution >= 4 is 23.3 Å². The Morgan fingerprint density at radius 3 is 2.69 bits per heavy atom. The number of methoxy groups -OCH3 is 1. The van der Waals surface area contributed by atoms with Crippen LogP contribution in [0.3, 0.4) is 0 Å². The van der Waals surface area contributed by atoms with Crippen molar-refractivity contribution in [2.45, 2.75) is 0 Å². The van der Waals surface area contributed by atoms with Crippen LogP contribution in [-0.4, -0.2) is 18.2 Å². The van der Waals surface area contributed by atoms with E-state index in [4.69, 9.17) is 27.2 Å². The van der Waals surface area contributed by atoms with E-state index in [-0.39, 0.29) is 16.3 Å². The number of halogens is 1. The summed E-state index contributed by atoms with van der Waals surface area (Å²) in [6.07, 6.45) is 0. The fourth-order valence-corrected chi connectivity index (χ4v) is 1.10. The van der Waals surface area contributed by atoms with Gasteiger partial charge >= 0.3 is 5.97 Å². The third-order valence-corrected chi connectivity index (χ3v) is 1.88. The number of ether oxygens (including phenoxy) is 1. The highest BCUT2D eigenvalue weighted by Gasteiger charge is 2.12. The number of anilines is 1. The largest absolute Gasteiger partial charge is 0.497 e. The summed E-state index contributed by atoms with van der Waals surface area (Å²) >= 11 is 5.67. The van der Waals surface area contributed by atoms with Gasteiger partial charge in [0.25, 0.3) is 0 Å². The predicted octanol–water partition coefficient (Wildman–Crippen LogP) is 1.63. The molecule has 0 heterocycles. The molecule has 0 bridgehead atoms. The molecule has 4 nitrogen and oxygen atoms in total. The molecule has 70 valence electrons. The van der Waals surface area contributed by atoms with Crippen molar-refractivity contribution in [3.8, 4) is 5.75 Å². The van der Waals surface area contributed by atoms with Crippen LogP contribution in [-0.2, 0) is 0 Å². The van der Waals surface area contributed by atoms with Crippen LogP contribution < -0.4 is 10.5 Å². The normalized spacial score (nSPS) is 9.69. The molecule has 0 aliphatic rings. The van der Waals surface area contributed by atoms with Crippen molar-refractivity contribution in [2.24, 2.45) is 0 Å². The van der Waals surface area contributed by atoms with Crippen LogP contribution in [0, 0.1) is 0 Å². The van der Waals surface area contributed by atoms with Gasteiger partial charge in [0.2, 0.25) is 0 Å². The Morgan fingerprint density at radius 1 is 1.62 bits per heavy atom. The maximum absolute atomic E-state index is 10.6. The number of nitrogens with two attached hydrogens (primary N) is 1. The summed E-state index contributed by atoms with van der Waals surface area (Å²) in [5, 5.41) is 8.89. The molecule has 0 aromatic heterocycles. The highest BCUT2D eigenvalue weighted by atomic mass is 35.5. The second kappa shape index (κ2) is 3.53. The number of carboxylic acid groups (broad SMARTS) is 1. The van der Waals surface area contributed by atoms with E-state index in [0.29, 0.717) is 5.75 Å². The first-order valence-electron chi connectivity index (χ1n) is 3.42. The lowest BCUT2D eigenvalue weighted by atomic mass is 10.2. The molecule has 3 N–H and O–H groups in total. The van der Waals surface area contributed by atoms with Crippen molar-refractivity contribution < 1.29 is 14.6 Å². The lowest BCUT2D eigenvalue weighted by molar-refractivity contribution is 0.0697. The Kier molecular flexibility index (Phi) is 2.63. The number of rotatable bonds is 2. The highest BCUT2D eigenvalue weighted by molar-refractivity contribution is 6.34. The van der Waals surface area contributed by atoms with Crippen molar-refractivity contribution in [1.82, 2.24) is 0 Å². The second-order valence-electron chi connectivity index (χ2n) is 2.38. The number of carboxylic acids is 1. The van der Waals surface area contributed by atoms with Crippen LogP contribution in [0.1, 0.15) is 10.4 Å². The molecule has 0 spiro atoms. The Labute approximate surface area is 79.9 Å². The summed E-state index contributed by atoms with van der Waals surface area (Å²) in [7, 11) is 1.42. The minimum Gasteiger partial charge on any atom is -0.497 e. The van der Waals surface area contributed by atoms with E-state index in [1.54, 1.807) is 0 Å². The number of aromatic carboxylic acids is 1. The Balaban J connectivity index is 3.33. The SMILES string of the molecule is COc1cc(Cl)c(N)c(C(=O)O)c1. The molecule has 0 saturated carbocycles. The summed E-state index contributed by atoms with van der Waals surface area (Å²) in [6.45, 7) is 0. The van der Waals surface area contributed by atoms with Crippen molar-refractivity contribution in [3.05, 3.63) is 22.7 Å².